The van der Waals surface area contributed by atoms with Gasteiger partial charge in [-0.2, -0.15) is 5.26 Å². The van der Waals surface area contributed by atoms with E-state index in [1.807, 2.05) is 30.3 Å². The maximum Gasteiger partial charge on any atom is 0.0839 e. The fraction of sp³-hybridized carbons (Fsp3) is 0.462. The zero-order valence-corrected chi connectivity index (χ0v) is 10.5. The molecule has 0 aromatic heterocycles. The third-order valence-corrected chi connectivity index (χ3v) is 4.34. The van der Waals surface area contributed by atoms with Crippen molar-refractivity contribution in [3.63, 3.8) is 0 Å². The van der Waals surface area contributed by atoms with Gasteiger partial charge in [-0.15, -0.1) is 0 Å². The zero-order chi connectivity index (χ0) is 12.1. The number of hydrogen-bond donors (Lipinski definition) is 0. The van der Waals surface area contributed by atoms with Gasteiger partial charge in [0.2, 0.25) is 0 Å². The first-order chi connectivity index (χ1) is 8.29. The van der Waals surface area contributed by atoms with E-state index in [1.54, 1.807) is 0 Å². The highest BCUT2D eigenvalue weighted by atomic mass is 32.2. The normalized spacial score (nSPS) is 19.7. The summed E-state index contributed by atoms with van der Waals surface area (Å²) in [6.07, 6.45) is 0. The fourth-order valence-electron chi connectivity index (χ4n) is 2.02. The number of hydrogen-bond acceptors (Lipinski definition) is 3. The van der Waals surface area contributed by atoms with Gasteiger partial charge in [-0.3, -0.25) is 9.11 Å². The monoisotopic (exact) mass is 248 g/mol. The van der Waals surface area contributed by atoms with Crippen molar-refractivity contribution >= 4 is 10.8 Å². The highest BCUT2D eigenvalue weighted by Crippen LogP contribution is 2.16. The average molecular weight is 248 g/mol. The van der Waals surface area contributed by atoms with Gasteiger partial charge in [0.15, 0.2) is 0 Å². The summed E-state index contributed by atoms with van der Waals surface area (Å²) in [4.78, 5) is 2.24. The molecule has 1 aromatic carbocycles. The minimum Gasteiger partial charge on any atom is -0.300 e. The van der Waals surface area contributed by atoms with Crippen LogP contribution in [0.1, 0.15) is 11.5 Å². The molecule has 1 aliphatic rings. The topological polar surface area (TPSA) is 44.1 Å². The van der Waals surface area contributed by atoms with Crippen LogP contribution in [-0.2, 0) is 10.8 Å². The largest absolute Gasteiger partial charge is 0.300 e. The Kier molecular flexibility index (Phi) is 4.29. The third kappa shape index (κ3) is 3.39. The van der Waals surface area contributed by atoms with Crippen molar-refractivity contribution in [1.82, 2.24) is 4.90 Å². The molecule has 90 valence electrons. The summed E-state index contributed by atoms with van der Waals surface area (Å²) in [7, 11) is -0.647. The van der Waals surface area contributed by atoms with Gasteiger partial charge in [0, 0.05) is 41.9 Å². The van der Waals surface area contributed by atoms with Crippen LogP contribution < -0.4 is 0 Å². The van der Waals surface area contributed by atoms with Gasteiger partial charge in [-0.25, -0.2) is 0 Å². The van der Waals surface area contributed by atoms with Gasteiger partial charge in [0.05, 0.1) is 12.0 Å². The van der Waals surface area contributed by atoms with E-state index in [0.717, 1.165) is 36.7 Å². The summed E-state index contributed by atoms with van der Waals surface area (Å²) >= 11 is 0. The van der Waals surface area contributed by atoms with Crippen LogP contribution in [-0.4, -0.2) is 40.2 Å². The van der Waals surface area contributed by atoms with Crippen LogP contribution in [0.15, 0.2) is 30.3 Å². The molecule has 1 fully saturated rings. The lowest BCUT2D eigenvalue weighted by atomic mass is 10.0. The Morgan fingerprint density at radius 3 is 2.53 bits per heavy atom. The minimum absolute atomic E-state index is 0.0808. The highest BCUT2D eigenvalue weighted by Gasteiger charge is 2.19. The minimum atomic E-state index is -0.647. The van der Waals surface area contributed by atoms with Crippen LogP contribution in [0.5, 0.6) is 0 Å². The van der Waals surface area contributed by atoms with Gasteiger partial charge in [0.1, 0.15) is 0 Å². The Balaban J connectivity index is 1.97. The molecule has 1 saturated heterocycles. The summed E-state index contributed by atoms with van der Waals surface area (Å²) in [6, 6.07) is 12.2. The number of nitrogens with zero attached hydrogens (tertiary/aromatic N) is 2. The van der Waals surface area contributed by atoms with Gasteiger partial charge >= 0.3 is 0 Å². The molecule has 0 bridgehead atoms. The highest BCUT2D eigenvalue weighted by molar-refractivity contribution is 7.85. The van der Waals surface area contributed by atoms with Gasteiger partial charge in [-0.05, 0) is 5.56 Å². The molecule has 1 atom stereocenters. The standard InChI is InChI=1S/C13H16N2OS/c14-10-13(12-4-2-1-3-5-12)11-15-6-8-17(16)9-7-15/h1-5,13H,6-9,11H2. The van der Waals surface area contributed by atoms with E-state index in [1.165, 1.54) is 0 Å². The first kappa shape index (κ1) is 12.3. The molecule has 4 heteroatoms. The maximum absolute atomic E-state index is 11.3. The quantitative estimate of drug-likeness (QED) is 0.811. The van der Waals surface area contributed by atoms with Gasteiger partial charge in [-0.1, -0.05) is 30.3 Å². The van der Waals surface area contributed by atoms with E-state index in [9.17, 15) is 9.47 Å². The Morgan fingerprint density at radius 2 is 1.94 bits per heavy atom. The predicted molar refractivity (Wildman–Crippen MR) is 69.1 cm³/mol. The predicted octanol–water partition coefficient (Wildman–Crippen LogP) is 1.36. The molecule has 0 amide bonds. The molecule has 0 N–H and O–H groups in total. The van der Waals surface area contributed by atoms with Crippen LogP contribution in [0.3, 0.4) is 0 Å². The SMILES string of the molecule is N#CC(CN1CCS(=O)CC1)c1ccccc1. The molecule has 1 aliphatic heterocycles. The first-order valence-corrected chi connectivity index (χ1v) is 7.30. The lowest BCUT2D eigenvalue weighted by molar-refractivity contribution is 0.294. The summed E-state index contributed by atoms with van der Waals surface area (Å²) in [5.41, 5.74) is 1.07. The van der Waals surface area contributed by atoms with Gasteiger partial charge < -0.3 is 0 Å². The van der Waals surface area contributed by atoms with E-state index in [4.69, 9.17) is 0 Å². The molecule has 1 unspecified atom stereocenters. The molecule has 0 aliphatic carbocycles. The van der Waals surface area contributed by atoms with Crippen molar-refractivity contribution in [2.75, 3.05) is 31.1 Å². The summed E-state index contributed by atoms with van der Waals surface area (Å²) in [5.74, 6) is 1.41. The van der Waals surface area contributed by atoms with Crippen LogP contribution in [0, 0.1) is 11.3 Å². The van der Waals surface area contributed by atoms with E-state index < -0.39 is 10.8 Å². The van der Waals surface area contributed by atoms with Crippen LogP contribution in [0.4, 0.5) is 0 Å². The fourth-order valence-corrected chi connectivity index (χ4v) is 3.15. The molecule has 0 spiro atoms. The molecule has 1 heterocycles. The van der Waals surface area contributed by atoms with Crippen molar-refractivity contribution in [3.05, 3.63) is 35.9 Å². The zero-order valence-electron chi connectivity index (χ0n) is 9.71. The second kappa shape index (κ2) is 5.95. The maximum atomic E-state index is 11.3. The van der Waals surface area contributed by atoms with E-state index in [2.05, 4.69) is 11.0 Å². The molecule has 17 heavy (non-hydrogen) atoms. The van der Waals surface area contributed by atoms with Crippen LogP contribution in [0.25, 0.3) is 0 Å². The van der Waals surface area contributed by atoms with Crippen molar-refractivity contribution in [3.8, 4) is 6.07 Å². The van der Waals surface area contributed by atoms with E-state index >= 15 is 0 Å². The van der Waals surface area contributed by atoms with Gasteiger partial charge in [0.25, 0.3) is 0 Å². The van der Waals surface area contributed by atoms with Crippen molar-refractivity contribution in [2.45, 2.75) is 5.92 Å². The smallest absolute Gasteiger partial charge is 0.0839 e. The molecule has 3 nitrogen and oxygen atoms in total. The van der Waals surface area contributed by atoms with Crippen LogP contribution >= 0.6 is 0 Å². The Hall–Kier alpha value is -1.18. The summed E-state index contributed by atoms with van der Waals surface area (Å²) < 4.78 is 11.3. The average Bonchev–Trinajstić information content (AvgIpc) is 2.39. The van der Waals surface area contributed by atoms with Crippen molar-refractivity contribution in [1.29, 1.82) is 5.26 Å². The molecular weight excluding hydrogens is 232 g/mol. The molecular formula is C13H16N2OS. The molecule has 2 rings (SSSR count). The van der Waals surface area contributed by atoms with Crippen molar-refractivity contribution < 1.29 is 4.21 Å². The second-order valence-electron chi connectivity index (χ2n) is 4.24. The lowest BCUT2D eigenvalue weighted by Gasteiger charge is -2.27. The number of rotatable bonds is 3. The summed E-state index contributed by atoms with van der Waals surface area (Å²) in [6.45, 7) is 2.44. The Labute approximate surface area is 105 Å². The third-order valence-electron chi connectivity index (χ3n) is 3.07. The lowest BCUT2D eigenvalue weighted by Crippen LogP contribution is -2.39. The molecule has 0 saturated carbocycles. The Bertz CT molecular complexity index is 417. The molecule has 1 aromatic rings. The van der Waals surface area contributed by atoms with Crippen LogP contribution in [0.2, 0.25) is 0 Å². The van der Waals surface area contributed by atoms with Crippen molar-refractivity contribution in [2.24, 2.45) is 0 Å². The Morgan fingerprint density at radius 1 is 1.29 bits per heavy atom. The first-order valence-electron chi connectivity index (χ1n) is 5.81. The number of benzene rings is 1. The second-order valence-corrected chi connectivity index (χ2v) is 5.94. The number of nitriles is 1. The summed E-state index contributed by atoms with van der Waals surface area (Å²) in [5, 5.41) is 9.23. The van der Waals surface area contributed by atoms with E-state index in [0.29, 0.717) is 0 Å². The molecule has 0 radical (unpaired) electrons. The van der Waals surface area contributed by atoms with E-state index in [-0.39, 0.29) is 5.92 Å².